The van der Waals surface area contributed by atoms with Crippen LogP contribution >= 0.6 is 11.6 Å². The number of carbonyl (C=O) groups excluding carboxylic acids is 1. The van der Waals surface area contributed by atoms with Gasteiger partial charge < -0.3 is 19.5 Å². The van der Waals surface area contributed by atoms with Crippen LogP contribution in [0.3, 0.4) is 0 Å². The molecule has 2 rings (SSSR count). The third-order valence-electron chi connectivity index (χ3n) is 3.73. The van der Waals surface area contributed by atoms with Crippen molar-refractivity contribution in [3.8, 4) is 17.2 Å². The molecule has 1 N–H and O–H groups in total. The molecule has 0 aliphatic carbocycles. The highest BCUT2D eigenvalue weighted by atomic mass is 35.5. The van der Waals surface area contributed by atoms with E-state index in [0.29, 0.717) is 24.7 Å². The standard InChI is InChI=1S/C20H23ClFNO4/c1-3-4-9-26-18-7-5-14(10-19(18)25-2)12-23-20(24)13-27-17-8-6-15(22)11-16(17)21/h5-8,10-11H,3-4,9,12-13H2,1-2H3,(H,23,24). The first-order valence-corrected chi connectivity index (χ1v) is 9.05. The summed E-state index contributed by atoms with van der Waals surface area (Å²) in [4.78, 5) is 12.0. The van der Waals surface area contributed by atoms with Crippen LogP contribution in [0.1, 0.15) is 25.3 Å². The van der Waals surface area contributed by atoms with Gasteiger partial charge in [-0.1, -0.05) is 31.0 Å². The zero-order valence-electron chi connectivity index (χ0n) is 15.4. The van der Waals surface area contributed by atoms with Gasteiger partial charge in [-0.25, -0.2) is 4.39 Å². The maximum atomic E-state index is 13.0. The Labute approximate surface area is 163 Å². The third-order valence-corrected chi connectivity index (χ3v) is 4.02. The normalized spacial score (nSPS) is 10.4. The number of unbranched alkanes of at least 4 members (excludes halogenated alkanes) is 1. The fourth-order valence-corrected chi connectivity index (χ4v) is 2.48. The van der Waals surface area contributed by atoms with Crippen molar-refractivity contribution >= 4 is 17.5 Å². The molecule has 0 saturated carbocycles. The molecule has 0 aromatic heterocycles. The highest BCUT2D eigenvalue weighted by Crippen LogP contribution is 2.28. The zero-order chi connectivity index (χ0) is 19.6. The minimum atomic E-state index is -0.465. The Morgan fingerprint density at radius 1 is 1.11 bits per heavy atom. The van der Waals surface area contributed by atoms with E-state index in [4.69, 9.17) is 25.8 Å². The van der Waals surface area contributed by atoms with Crippen molar-refractivity contribution in [2.75, 3.05) is 20.3 Å². The molecular weight excluding hydrogens is 373 g/mol. The lowest BCUT2D eigenvalue weighted by Gasteiger charge is -2.13. The molecule has 27 heavy (non-hydrogen) atoms. The first-order chi connectivity index (χ1) is 13.0. The number of rotatable bonds is 10. The van der Waals surface area contributed by atoms with Crippen LogP contribution < -0.4 is 19.5 Å². The van der Waals surface area contributed by atoms with Gasteiger partial charge in [0.25, 0.3) is 5.91 Å². The molecule has 0 saturated heterocycles. The highest BCUT2D eigenvalue weighted by molar-refractivity contribution is 6.32. The molecule has 2 aromatic rings. The fourth-order valence-electron chi connectivity index (χ4n) is 2.25. The number of halogens is 2. The summed E-state index contributed by atoms with van der Waals surface area (Å²) in [6.07, 6.45) is 2.02. The Morgan fingerprint density at radius 2 is 1.89 bits per heavy atom. The van der Waals surface area contributed by atoms with Gasteiger partial charge in [0.2, 0.25) is 0 Å². The van der Waals surface area contributed by atoms with Gasteiger partial charge in [-0.2, -0.15) is 0 Å². The summed E-state index contributed by atoms with van der Waals surface area (Å²) in [5.41, 5.74) is 0.864. The molecule has 7 heteroatoms. The third kappa shape index (κ3) is 6.64. The van der Waals surface area contributed by atoms with Crippen molar-refractivity contribution in [3.05, 3.63) is 52.8 Å². The van der Waals surface area contributed by atoms with Crippen LogP contribution in [0.5, 0.6) is 17.2 Å². The largest absolute Gasteiger partial charge is 0.493 e. The lowest BCUT2D eigenvalue weighted by molar-refractivity contribution is -0.123. The summed E-state index contributed by atoms with van der Waals surface area (Å²) >= 11 is 5.86. The Morgan fingerprint density at radius 3 is 2.59 bits per heavy atom. The van der Waals surface area contributed by atoms with Crippen molar-refractivity contribution in [1.82, 2.24) is 5.32 Å². The lowest BCUT2D eigenvalue weighted by atomic mass is 10.2. The SMILES string of the molecule is CCCCOc1ccc(CNC(=O)COc2ccc(F)cc2Cl)cc1OC. The Bertz CT molecular complexity index is 770. The Balaban J connectivity index is 1.85. The number of amides is 1. The van der Waals surface area contributed by atoms with E-state index in [0.717, 1.165) is 24.5 Å². The second-order valence-corrected chi connectivity index (χ2v) is 6.23. The van der Waals surface area contributed by atoms with E-state index in [2.05, 4.69) is 12.2 Å². The molecule has 0 fully saturated rings. The first kappa shape index (κ1) is 20.8. The average Bonchev–Trinajstić information content (AvgIpc) is 2.66. The van der Waals surface area contributed by atoms with Crippen molar-refractivity contribution in [2.24, 2.45) is 0 Å². The summed E-state index contributed by atoms with van der Waals surface area (Å²) in [6.45, 7) is 2.82. The zero-order valence-corrected chi connectivity index (χ0v) is 16.1. The van der Waals surface area contributed by atoms with Gasteiger partial charge >= 0.3 is 0 Å². The van der Waals surface area contributed by atoms with Gasteiger partial charge in [0.15, 0.2) is 18.1 Å². The van der Waals surface area contributed by atoms with E-state index in [1.165, 1.54) is 12.1 Å². The van der Waals surface area contributed by atoms with E-state index in [1.807, 2.05) is 18.2 Å². The van der Waals surface area contributed by atoms with Gasteiger partial charge in [-0.3, -0.25) is 4.79 Å². The number of hydrogen-bond acceptors (Lipinski definition) is 4. The molecule has 0 spiro atoms. The summed E-state index contributed by atoms with van der Waals surface area (Å²) in [5.74, 6) is 0.761. The quantitative estimate of drug-likeness (QED) is 0.607. The minimum Gasteiger partial charge on any atom is -0.493 e. The van der Waals surface area contributed by atoms with E-state index in [9.17, 15) is 9.18 Å². The van der Waals surface area contributed by atoms with Crippen molar-refractivity contribution in [2.45, 2.75) is 26.3 Å². The van der Waals surface area contributed by atoms with E-state index in [1.54, 1.807) is 7.11 Å². The molecule has 0 unspecified atom stereocenters. The molecule has 0 heterocycles. The van der Waals surface area contributed by atoms with Crippen molar-refractivity contribution in [3.63, 3.8) is 0 Å². The summed E-state index contributed by atoms with van der Waals surface area (Å²) in [5, 5.41) is 2.86. The molecular formula is C20H23ClFNO4. The molecule has 1 amide bonds. The molecule has 5 nitrogen and oxygen atoms in total. The van der Waals surface area contributed by atoms with E-state index < -0.39 is 5.82 Å². The Kier molecular flexibility index (Phi) is 8.20. The summed E-state index contributed by atoms with van der Waals surface area (Å²) in [6, 6.07) is 9.24. The molecule has 0 aliphatic rings. The van der Waals surface area contributed by atoms with Crippen LogP contribution in [0.2, 0.25) is 5.02 Å². The highest BCUT2D eigenvalue weighted by Gasteiger charge is 2.09. The molecule has 0 radical (unpaired) electrons. The Hall–Kier alpha value is -2.47. The second-order valence-electron chi connectivity index (χ2n) is 5.83. The monoisotopic (exact) mass is 395 g/mol. The smallest absolute Gasteiger partial charge is 0.258 e. The van der Waals surface area contributed by atoms with Crippen LogP contribution in [-0.2, 0) is 11.3 Å². The number of benzene rings is 2. The van der Waals surface area contributed by atoms with Crippen molar-refractivity contribution in [1.29, 1.82) is 0 Å². The fraction of sp³-hybridized carbons (Fsp3) is 0.350. The molecule has 2 aromatic carbocycles. The van der Waals surface area contributed by atoms with Crippen LogP contribution in [0.25, 0.3) is 0 Å². The molecule has 0 atom stereocenters. The van der Waals surface area contributed by atoms with Gasteiger partial charge in [0.05, 0.1) is 18.7 Å². The van der Waals surface area contributed by atoms with Crippen LogP contribution in [0.15, 0.2) is 36.4 Å². The maximum absolute atomic E-state index is 13.0. The molecule has 146 valence electrons. The number of hydrogen-bond donors (Lipinski definition) is 1. The van der Waals surface area contributed by atoms with E-state index in [-0.39, 0.29) is 23.3 Å². The summed E-state index contributed by atoms with van der Waals surface area (Å²) < 4.78 is 29.3. The van der Waals surface area contributed by atoms with Gasteiger partial charge in [-0.15, -0.1) is 0 Å². The number of nitrogens with one attached hydrogen (secondary N) is 1. The molecule has 0 bridgehead atoms. The molecule has 0 aliphatic heterocycles. The van der Waals surface area contributed by atoms with Gasteiger partial charge in [0.1, 0.15) is 11.6 Å². The minimum absolute atomic E-state index is 0.117. The number of methoxy groups -OCH3 is 1. The van der Waals surface area contributed by atoms with Crippen LogP contribution in [0.4, 0.5) is 4.39 Å². The van der Waals surface area contributed by atoms with Gasteiger partial charge in [-0.05, 0) is 42.3 Å². The predicted octanol–water partition coefficient (Wildman–Crippen LogP) is 4.36. The van der Waals surface area contributed by atoms with E-state index >= 15 is 0 Å². The number of ether oxygens (including phenoxy) is 3. The lowest BCUT2D eigenvalue weighted by Crippen LogP contribution is -2.28. The number of carbonyl (C=O) groups is 1. The van der Waals surface area contributed by atoms with Crippen LogP contribution in [-0.4, -0.2) is 26.2 Å². The average molecular weight is 396 g/mol. The topological polar surface area (TPSA) is 56.8 Å². The van der Waals surface area contributed by atoms with Crippen molar-refractivity contribution < 1.29 is 23.4 Å². The first-order valence-electron chi connectivity index (χ1n) is 8.67. The second kappa shape index (κ2) is 10.6. The van der Waals surface area contributed by atoms with Crippen LogP contribution in [0, 0.1) is 5.82 Å². The summed E-state index contributed by atoms with van der Waals surface area (Å²) in [7, 11) is 1.57. The maximum Gasteiger partial charge on any atom is 0.258 e. The predicted molar refractivity (Wildman–Crippen MR) is 102 cm³/mol. The van der Waals surface area contributed by atoms with Gasteiger partial charge in [0, 0.05) is 6.54 Å².